The van der Waals surface area contributed by atoms with Crippen LogP contribution in [-0.2, 0) is 14.1 Å². The number of aromatic nitrogens is 8. The largest absolute Gasteiger partial charge is 0.497 e. The van der Waals surface area contributed by atoms with Gasteiger partial charge in [0.05, 0.1) is 14.2 Å². The Hall–Kier alpha value is -3.99. The van der Waals surface area contributed by atoms with Gasteiger partial charge in [-0.15, -0.1) is 0 Å². The van der Waals surface area contributed by atoms with E-state index in [1.54, 1.807) is 14.2 Å². The van der Waals surface area contributed by atoms with E-state index in [0.29, 0.717) is 5.82 Å². The molecule has 216 valence electrons. The predicted molar refractivity (Wildman–Crippen MR) is 166 cm³/mol. The van der Waals surface area contributed by atoms with E-state index in [2.05, 4.69) is 46.6 Å². The molecule has 4 aromatic heterocycles. The monoisotopic (exact) mass is 616 g/mol. The van der Waals surface area contributed by atoms with Crippen molar-refractivity contribution in [2.45, 2.75) is 14.9 Å². The summed E-state index contributed by atoms with van der Waals surface area (Å²) in [7, 11) is 7.34. The molecule has 10 nitrogen and oxygen atoms in total. The number of halogens is 3. The van der Waals surface area contributed by atoms with E-state index >= 15 is 0 Å². The third-order valence-electron chi connectivity index (χ3n) is 5.59. The fraction of sp³-hybridized carbons (Fsp3) is 0.214. The number of hydrogen-bond donors (Lipinski definition) is 0. The molecule has 2 aromatic carbocycles. The second-order valence-electron chi connectivity index (χ2n) is 7.99. The third kappa shape index (κ3) is 8.26. The van der Waals surface area contributed by atoms with E-state index in [1.165, 1.54) is 23.6 Å². The van der Waals surface area contributed by atoms with Crippen molar-refractivity contribution < 1.29 is 9.47 Å². The molecule has 0 saturated heterocycles. The Labute approximate surface area is 253 Å². The van der Waals surface area contributed by atoms with E-state index in [-0.39, 0.29) is 30.7 Å². The lowest BCUT2D eigenvalue weighted by Crippen LogP contribution is -1.90. The van der Waals surface area contributed by atoms with Crippen LogP contribution in [0.5, 0.6) is 11.5 Å². The summed E-state index contributed by atoms with van der Waals surface area (Å²) in [5.41, 5.74) is 3.21. The number of benzene rings is 2. The van der Waals surface area contributed by atoms with Gasteiger partial charge in [0.15, 0.2) is 5.82 Å². The minimum atomic E-state index is 0. The maximum absolute atomic E-state index is 5.82. The van der Waals surface area contributed by atoms with Crippen LogP contribution in [-0.4, -0.2) is 53.3 Å². The van der Waals surface area contributed by atoms with E-state index in [9.17, 15) is 0 Å². The van der Waals surface area contributed by atoms with Crippen LogP contribution in [0.2, 0.25) is 15.9 Å². The second kappa shape index (κ2) is 15.1. The molecule has 4 heterocycles. The highest BCUT2D eigenvalue weighted by Gasteiger charge is 2.12. The molecule has 0 aliphatic rings. The van der Waals surface area contributed by atoms with E-state index in [1.807, 2.05) is 61.4 Å². The molecular weight excluding hydrogens is 587 g/mol. The first-order valence-corrected chi connectivity index (χ1v) is 12.5. The van der Waals surface area contributed by atoms with Gasteiger partial charge in [0.2, 0.25) is 15.9 Å². The molecule has 6 rings (SSSR count). The lowest BCUT2D eigenvalue weighted by atomic mass is 10.1. The molecule has 0 unspecified atom stereocenters. The summed E-state index contributed by atoms with van der Waals surface area (Å²) in [6.07, 6.45) is 6.67. The van der Waals surface area contributed by atoms with Gasteiger partial charge in [-0.2, -0.15) is 9.97 Å². The summed E-state index contributed by atoms with van der Waals surface area (Å²) < 4.78 is 14.5. The Bertz CT molecular complexity index is 1700. The minimum absolute atomic E-state index is 0. The van der Waals surface area contributed by atoms with Crippen molar-refractivity contribution in [2.24, 2.45) is 14.1 Å². The van der Waals surface area contributed by atoms with Crippen molar-refractivity contribution in [3.8, 4) is 22.9 Å². The molecule has 6 aromatic rings. The number of rotatable bonds is 3. The average molecular weight is 618 g/mol. The van der Waals surface area contributed by atoms with E-state index < -0.39 is 0 Å². The standard InChI is InChI=1S/C13H11ClN4O.C10H11NO.C3HCl2N3.2CH4/c1-18-6-10(12-15-7-16-13(14)17-12)9-5-8(19-2)3-4-11(9)18;1-11-6-5-8-7-9(12-2)3-4-10(8)11;4-2-6-1-7-3(5)8-2;;/h3-7H,1-2H3;3-7H,1-2H3;1H;2*1H4. The second-order valence-corrected chi connectivity index (χ2v) is 9.00. The highest BCUT2D eigenvalue weighted by atomic mass is 35.5. The van der Waals surface area contributed by atoms with Crippen LogP contribution in [0.4, 0.5) is 0 Å². The summed E-state index contributed by atoms with van der Waals surface area (Å²) in [4.78, 5) is 22.6. The molecule has 0 spiro atoms. The number of fused-ring (bicyclic) bond motifs is 2. The molecule has 41 heavy (non-hydrogen) atoms. The van der Waals surface area contributed by atoms with Crippen LogP contribution < -0.4 is 9.47 Å². The fourth-order valence-electron chi connectivity index (χ4n) is 3.73. The summed E-state index contributed by atoms with van der Waals surface area (Å²) in [6, 6.07) is 14.0. The molecule has 0 bridgehead atoms. The molecule has 0 N–H and O–H groups in total. The van der Waals surface area contributed by atoms with Gasteiger partial charge in [-0.25, -0.2) is 19.9 Å². The molecule has 0 amide bonds. The topological polar surface area (TPSA) is 106 Å². The van der Waals surface area contributed by atoms with Crippen molar-refractivity contribution in [2.75, 3.05) is 14.2 Å². The number of nitrogens with zero attached hydrogens (tertiary/aromatic N) is 8. The Kier molecular flexibility index (Phi) is 12.3. The van der Waals surface area contributed by atoms with Gasteiger partial charge >= 0.3 is 0 Å². The van der Waals surface area contributed by atoms with Crippen LogP contribution in [0.15, 0.2) is 67.5 Å². The van der Waals surface area contributed by atoms with Crippen molar-refractivity contribution in [3.63, 3.8) is 0 Å². The highest BCUT2D eigenvalue weighted by Crippen LogP contribution is 2.31. The van der Waals surface area contributed by atoms with Crippen LogP contribution in [0, 0.1) is 0 Å². The Morgan fingerprint density at radius 1 is 0.659 bits per heavy atom. The Morgan fingerprint density at radius 2 is 1.22 bits per heavy atom. The average Bonchev–Trinajstić information content (AvgIpc) is 3.47. The summed E-state index contributed by atoms with van der Waals surface area (Å²) in [5.74, 6) is 2.26. The molecule has 0 aliphatic carbocycles. The van der Waals surface area contributed by atoms with Crippen molar-refractivity contribution in [1.29, 1.82) is 0 Å². The van der Waals surface area contributed by atoms with Gasteiger partial charge in [0, 0.05) is 53.9 Å². The summed E-state index contributed by atoms with van der Waals surface area (Å²) in [5, 5.41) is 2.65. The van der Waals surface area contributed by atoms with Crippen LogP contribution in [0.3, 0.4) is 0 Å². The first-order chi connectivity index (χ1) is 18.8. The van der Waals surface area contributed by atoms with Crippen molar-refractivity contribution >= 4 is 56.6 Å². The number of methoxy groups -OCH3 is 2. The number of hydrogen-bond acceptors (Lipinski definition) is 8. The van der Waals surface area contributed by atoms with E-state index in [4.69, 9.17) is 44.3 Å². The van der Waals surface area contributed by atoms with Gasteiger partial charge < -0.3 is 18.6 Å². The first-order valence-electron chi connectivity index (χ1n) is 11.4. The van der Waals surface area contributed by atoms with Gasteiger partial charge in [-0.05, 0) is 77.3 Å². The Morgan fingerprint density at radius 3 is 1.78 bits per heavy atom. The molecule has 0 radical (unpaired) electrons. The molecular formula is C28H31Cl3N8O2. The maximum atomic E-state index is 5.82. The molecule has 0 atom stereocenters. The van der Waals surface area contributed by atoms with Crippen LogP contribution in [0.25, 0.3) is 33.2 Å². The quantitative estimate of drug-likeness (QED) is 0.203. The summed E-state index contributed by atoms with van der Waals surface area (Å²) in [6.45, 7) is 0. The highest BCUT2D eigenvalue weighted by molar-refractivity contribution is 6.30. The molecule has 0 saturated carbocycles. The van der Waals surface area contributed by atoms with Gasteiger partial charge in [-0.3, -0.25) is 0 Å². The SMILES string of the molecule is C.C.COc1ccc2c(c1)c(-c1ncnc(Cl)n1)cn2C.COc1ccc2c(ccn2C)c1.Clc1ncnc(Cl)n1. The minimum Gasteiger partial charge on any atom is -0.497 e. The first kappa shape index (κ1) is 33.2. The predicted octanol–water partition coefficient (Wildman–Crippen LogP) is 7.33. The van der Waals surface area contributed by atoms with Crippen molar-refractivity contribution in [1.82, 2.24) is 39.0 Å². The normalized spacial score (nSPS) is 9.93. The fourth-order valence-corrected chi connectivity index (χ4v) is 4.14. The zero-order chi connectivity index (χ0) is 27.9. The number of ether oxygens (including phenoxy) is 2. The van der Waals surface area contributed by atoms with Crippen molar-refractivity contribution in [3.05, 3.63) is 83.4 Å². The zero-order valence-corrected chi connectivity index (χ0v) is 23.6. The zero-order valence-electron chi connectivity index (χ0n) is 21.4. The molecule has 13 heteroatoms. The lowest BCUT2D eigenvalue weighted by molar-refractivity contribution is 0.415. The lowest BCUT2D eigenvalue weighted by Gasteiger charge is -2.01. The van der Waals surface area contributed by atoms with Crippen LogP contribution >= 0.6 is 34.8 Å². The van der Waals surface area contributed by atoms with E-state index in [0.717, 1.165) is 28.0 Å². The van der Waals surface area contributed by atoms with Crippen LogP contribution in [0.1, 0.15) is 14.9 Å². The number of aryl methyl sites for hydroxylation is 2. The van der Waals surface area contributed by atoms with Gasteiger partial charge in [-0.1, -0.05) is 14.9 Å². The van der Waals surface area contributed by atoms with Gasteiger partial charge in [0.1, 0.15) is 24.2 Å². The summed E-state index contributed by atoms with van der Waals surface area (Å²) >= 11 is 16.4. The van der Waals surface area contributed by atoms with Gasteiger partial charge in [0.25, 0.3) is 0 Å². The smallest absolute Gasteiger partial charge is 0.226 e. The molecule has 0 fully saturated rings. The third-order valence-corrected chi connectivity index (χ3v) is 6.13. The molecule has 0 aliphatic heterocycles. The maximum Gasteiger partial charge on any atom is 0.226 e. The Balaban J connectivity index is 0.000000230.